The maximum absolute atomic E-state index is 12.0. The topological polar surface area (TPSA) is 42.0 Å². The molecule has 1 aromatic carbocycles. The molecule has 0 aliphatic rings. The molecular weight excluding hydrogens is 280 g/mol. The third-order valence-corrected chi connectivity index (χ3v) is 3.61. The Bertz CT molecular complexity index is 584. The summed E-state index contributed by atoms with van der Waals surface area (Å²) in [5.41, 5.74) is 1.53. The molecule has 1 N–H and O–H groups in total. The van der Waals surface area contributed by atoms with Crippen molar-refractivity contribution < 1.29 is 4.79 Å². The predicted molar refractivity (Wildman–Crippen MR) is 80.2 cm³/mol. The number of hydrogen-bond donors (Lipinski definition) is 1. The van der Waals surface area contributed by atoms with Crippen LogP contribution in [0.3, 0.4) is 0 Å². The number of anilines is 1. The summed E-state index contributed by atoms with van der Waals surface area (Å²) in [4.78, 5) is 16.4. The van der Waals surface area contributed by atoms with E-state index in [0.29, 0.717) is 15.7 Å². The summed E-state index contributed by atoms with van der Waals surface area (Å²) in [6, 6.07) is 6.77. The Hall–Kier alpha value is -1.39. The van der Waals surface area contributed by atoms with Gasteiger partial charge in [-0.15, -0.1) is 11.3 Å². The number of hydrogen-bond acceptors (Lipinski definition) is 3. The maximum Gasteiger partial charge on any atom is 0.257 e. The van der Waals surface area contributed by atoms with Gasteiger partial charge in [-0.05, 0) is 24.3 Å². The second kappa shape index (κ2) is 5.31. The van der Waals surface area contributed by atoms with Crippen LogP contribution in [0.5, 0.6) is 0 Å². The summed E-state index contributed by atoms with van der Waals surface area (Å²) in [5.74, 6) is -0.175. The SMILES string of the molecule is CC(C)(C)c1csc(NC(=O)c2ccc(Cl)cc2)n1. The van der Waals surface area contributed by atoms with Crippen LogP contribution in [-0.4, -0.2) is 10.9 Å². The zero-order valence-corrected chi connectivity index (χ0v) is 12.6. The first-order valence-electron chi connectivity index (χ1n) is 5.89. The standard InChI is InChI=1S/C14H15ClN2OS/c1-14(2,3)11-8-19-13(16-11)17-12(18)9-4-6-10(15)7-5-9/h4-8H,1-3H3,(H,16,17,18). The molecule has 0 aliphatic carbocycles. The van der Waals surface area contributed by atoms with Crippen LogP contribution in [0.25, 0.3) is 0 Å². The molecule has 0 saturated heterocycles. The van der Waals surface area contributed by atoms with Gasteiger partial charge in [0.1, 0.15) is 0 Å². The Morgan fingerprint density at radius 2 is 1.89 bits per heavy atom. The molecule has 19 heavy (non-hydrogen) atoms. The van der Waals surface area contributed by atoms with Crippen LogP contribution in [0.15, 0.2) is 29.6 Å². The van der Waals surface area contributed by atoms with Crippen molar-refractivity contribution in [3.8, 4) is 0 Å². The Morgan fingerprint density at radius 1 is 1.26 bits per heavy atom. The van der Waals surface area contributed by atoms with Crippen LogP contribution in [0, 0.1) is 0 Å². The predicted octanol–water partition coefficient (Wildman–Crippen LogP) is 4.35. The van der Waals surface area contributed by atoms with E-state index in [1.807, 2.05) is 5.38 Å². The number of amides is 1. The van der Waals surface area contributed by atoms with Crippen molar-refractivity contribution in [1.82, 2.24) is 4.98 Å². The molecule has 0 aliphatic heterocycles. The second-order valence-corrected chi connectivity index (χ2v) is 6.54. The molecule has 0 atom stereocenters. The van der Waals surface area contributed by atoms with Gasteiger partial charge in [-0.1, -0.05) is 32.4 Å². The highest BCUT2D eigenvalue weighted by atomic mass is 35.5. The maximum atomic E-state index is 12.0. The highest BCUT2D eigenvalue weighted by molar-refractivity contribution is 7.14. The Kier molecular flexibility index (Phi) is 3.92. The van der Waals surface area contributed by atoms with Crippen molar-refractivity contribution in [3.05, 3.63) is 45.9 Å². The number of nitrogens with zero attached hydrogens (tertiary/aromatic N) is 1. The average molecular weight is 295 g/mol. The van der Waals surface area contributed by atoms with Crippen LogP contribution in [0.2, 0.25) is 5.02 Å². The van der Waals surface area contributed by atoms with Crippen LogP contribution >= 0.6 is 22.9 Å². The minimum absolute atomic E-state index is 0.0141. The minimum atomic E-state index is -0.175. The number of benzene rings is 1. The fourth-order valence-electron chi connectivity index (χ4n) is 1.45. The lowest BCUT2D eigenvalue weighted by Crippen LogP contribution is -2.14. The van der Waals surface area contributed by atoms with E-state index in [4.69, 9.17) is 11.6 Å². The van der Waals surface area contributed by atoms with E-state index < -0.39 is 0 Å². The molecule has 0 unspecified atom stereocenters. The van der Waals surface area contributed by atoms with Gasteiger partial charge in [0.25, 0.3) is 5.91 Å². The van der Waals surface area contributed by atoms with Gasteiger partial charge in [-0.2, -0.15) is 0 Å². The third-order valence-electron chi connectivity index (χ3n) is 2.60. The normalized spacial score (nSPS) is 11.4. The number of nitrogens with one attached hydrogen (secondary N) is 1. The minimum Gasteiger partial charge on any atom is -0.298 e. The first kappa shape index (κ1) is 14.0. The molecule has 2 rings (SSSR count). The average Bonchev–Trinajstić information content (AvgIpc) is 2.78. The van der Waals surface area contributed by atoms with Crippen LogP contribution in [-0.2, 0) is 5.41 Å². The van der Waals surface area contributed by atoms with E-state index in [0.717, 1.165) is 5.69 Å². The molecule has 5 heteroatoms. The summed E-state index contributed by atoms with van der Waals surface area (Å²) >= 11 is 7.22. The number of carbonyl (C=O) groups is 1. The van der Waals surface area contributed by atoms with Gasteiger partial charge >= 0.3 is 0 Å². The first-order chi connectivity index (χ1) is 8.86. The molecule has 3 nitrogen and oxygen atoms in total. The quantitative estimate of drug-likeness (QED) is 0.895. The monoisotopic (exact) mass is 294 g/mol. The number of halogens is 1. The molecule has 0 bridgehead atoms. The van der Waals surface area contributed by atoms with Crippen molar-refractivity contribution in [1.29, 1.82) is 0 Å². The summed E-state index contributed by atoms with van der Waals surface area (Å²) in [6.45, 7) is 6.27. The van der Waals surface area contributed by atoms with Gasteiger partial charge in [-0.3, -0.25) is 10.1 Å². The number of rotatable bonds is 2. The fourth-order valence-corrected chi connectivity index (χ4v) is 2.50. The summed E-state index contributed by atoms with van der Waals surface area (Å²) < 4.78 is 0. The molecule has 0 fully saturated rings. The van der Waals surface area contributed by atoms with Crippen molar-refractivity contribution in [2.75, 3.05) is 5.32 Å². The molecule has 1 amide bonds. The van der Waals surface area contributed by atoms with Gasteiger partial charge in [-0.25, -0.2) is 4.98 Å². The number of thiazole rings is 1. The molecular formula is C14H15ClN2OS. The molecule has 100 valence electrons. The van der Waals surface area contributed by atoms with Gasteiger partial charge < -0.3 is 0 Å². The summed E-state index contributed by atoms with van der Waals surface area (Å²) in [5, 5.41) is 5.99. The lowest BCUT2D eigenvalue weighted by Gasteiger charge is -2.14. The van der Waals surface area contributed by atoms with Gasteiger partial charge in [0.2, 0.25) is 0 Å². The van der Waals surface area contributed by atoms with Crippen molar-refractivity contribution in [3.63, 3.8) is 0 Å². The van der Waals surface area contributed by atoms with Crippen LogP contribution < -0.4 is 5.32 Å². The van der Waals surface area contributed by atoms with Gasteiger partial charge in [0, 0.05) is 21.4 Å². The molecule has 1 heterocycles. The van der Waals surface area contributed by atoms with Crippen molar-refractivity contribution >= 4 is 34.0 Å². The van der Waals surface area contributed by atoms with E-state index >= 15 is 0 Å². The van der Waals surface area contributed by atoms with Crippen molar-refractivity contribution in [2.45, 2.75) is 26.2 Å². The van der Waals surface area contributed by atoms with E-state index in [1.165, 1.54) is 11.3 Å². The molecule has 2 aromatic rings. The molecule has 0 spiro atoms. The van der Waals surface area contributed by atoms with Gasteiger partial charge in [0.05, 0.1) is 5.69 Å². The zero-order valence-electron chi connectivity index (χ0n) is 11.0. The van der Waals surface area contributed by atoms with E-state index in [2.05, 4.69) is 31.1 Å². The van der Waals surface area contributed by atoms with Crippen LogP contribution in [0.1, 0.15) is 36.8 Å². The van der Waals surface area contributed by atoms with E-state index in [1.54, 1.807) is 24.3 Å². The fraction of sp³-hybridized carbons (Fsp3) is 0.286. The Morgan fingerprint density at radius 3 is 2.42 bits per heavy atom. The summed E-state index contributed by atoms with van der Waals surface area (Å²) in [6.07, 6.45) is 0. The summed E-state index contributed by atoms with van der Waals surface area (Å²) in [7, 11) is 0. The lowest BCUT2D eigenvalue weighted by atomic mass is 9.93. The Labute approximate surface area is 121 Å². The first-order valence-corrected chi connectivity index (χ1v) is 7.15. The number of aromatic nitrogens is 1. The second-order valence-electron chi connectivity index (χ2n) is 5.25. The largest absolute Gasteiger partial charge is 0.298 e. The third kappa shape index (κ3) is 3.55. The van der Waals surface area contributed by atoms with E-state index in [9.17, 15) is 4.79 Å². The Balaban J connectivity index is 2.11. The smallest absolute Gasteiger partial charge is 0.257 e. The highest BCUT2D eigenvalue weighted by Gasteiger charge is 2.18. The van der Waals surface area contributed by atoms with E-state index in [-0.39, 0.29) is 11.3 Å². The lowest BCUT2D eigenvalue weighted by molar-refractivity contribution is 0.102. The van der Waals surface area contributed by atoms with Crippen molar-refractivity contribution in [2.24, 2.45) is 0 Å². The molecule has 0 radical (unpaired) electrons. The van der Waals surface area contributed by atoms with Crippen LogP contribution in [0.4, 0.5) is 5.13 Å². The molecule has 0 saturated carbocycles. The van der Waals surface area contributed by atoms with Gasteiger partial charge in [0.15, 0.2) is 5.13 Å². The zero-order chi connectivity index (χ0) is 14.0. The number of carbonyl (C=O) groups excluding carboxylic acids is 1. The molecule has 1 aromatic heterocycles. The highest BCUT2D eigenvalue weighted by Crippen LogP contribution is 2.26.